The maximum atomic E-state index is 13.0. The summed E-state index contributed by atoms with van der Waals surface area (Å²) < 4.78 is 13.0. The van der Waals surface area contributed by atoms with Crippen LogP contribution in [0, 0.1) is 5.82 Å². The second-order valence-corrected chi connectivity index (χ2v) is 3.95. The predicted molar refractivity (Wildman–Crippen MR) is 61.1 cm³/mol. The van der Waals surface area contributed by atoms with E-state index in [0.29, 0.717) is 0 Å². The zero-order valence-electron chi connectivity index (χ0n) is 9.33. The highest BCUT2D eigenvalue weighted by molar-refractivity contribution is 5.20. The maximum Gasteiger partial charge on any atom is 0.123 e. The highest BCUT2D eigenvalue weighted by atomic mass is 19.1. The summed E-state index contributed by atoms with van der Waals surface area (Å²) in [5.41, 5.74) is 6.69. The van der Waals surface area contributed by atoms with E-state index in [9.17, 15) is 4.39 Å². The van der Waals surface area contributed by atoms with Crippen molar-refractivity contribution in [2.45, 2.75) is 31.8 Å². The van der Waals surface area contributed by atoms with Crippen molar-refractivity contribution >= 4 is 0 Å². The highest BCUT2D eigenvalue weighted by Gasteiger charge is 2.10. The van der Waals surface area contributed by atoms with E-state index >= 15 is 0 Å². The Hall–Kier alpha value is -0.930. The Labute approximate surface area is 90.7 Å². The van der Waals surface area contributed by atoms with Gasteiger partial charge in [-0.15, -0.1) is 0 Å². The molecule has 3 heteroatoms. The van der Waals surface area contributed by atoms with E-state index in [-0.39, 0.29) is 17.9 Å². The Bertz CT molecular complexity index is 299. The van der Waals surface area contributed by atoms with Gasteiger partial charge in [0.05, 0.1) is 0 Å². The molecule has 0 spiro atoms. The zero-order chi connectivity index (χ0) is 11.3. The van der Waals surface area contributed by atoms with Gasteiger partial charge in [-0.25, -0.2) is 4.39 Å². The van der Waals surface area contributed by atoms with Gasteiger partial charge in [0.2, 0.25) is 0 Å². The summed E-state index contributed by atoms with van der Waals surface area (Å²) in [6.07, 6.45) is 1.86. The third kappa shape index (κ3) is 3.98. The van der Waals surface area contributed by atoms with Crippen LogP contribution in [0.4, 0.5) is 4.39 Å². The minimum Gasteiger partial charge on any atom is -0.328 e. The fraction of sp³-hybridized carbons (Fsp3) is 0.500. The van der Waals surface area contributed by atoms with E-state index < -0.39 is 0 Å². The maximum absolute atomic E-state index is 13.0. The molecule has 0 amide bonds. The van der Waals surface area contributed by atoms with Crippen LogP contribution in [0.1, 0.15) is 31.4 Å². The predicted octanol–water partition coefficient (Wildman–Crippen LogP) is 2.21. The molecule has 0 saturated carbocycles. The van der Waals surface area contributed by atoms with Gasteiger partial charge < -0.3 is 11.1 Å². The van der Waals surface area contributed by atoms with Gasteiger partial charge in [0.1, 0.15) is 5.82 Å². The molecule has 0 radical (unpaired) electrons. The highest BCUT2D eigenvalue weighted by Crippen LogP contribution is 2.19. The van der Waals surface area contributed by atoms with Crippen LogP contribution in [-0.2, 0) is 0 Å². The average molecular weight is 210 g/mol. The summed E-state index contributed by atoms with van der Waals surface area (Å²) in [5, 5.41) is 3.18. The molecule has 0 aliphatic rings. The molecule has 2 nitrogen and oxygen atoms in total. The van der Waals surface area contributed by atoms with E-state index in [1.165, 1.54) is 6.07 Å². The number of benzene rings is 1. The van der Waals surface area contributed by atoms with E-state index in [2.05, 4.69) is 5.32 Å². The molecule has 1 rings (SSSR count). The van der Waals surface area contributed by atoms with Crippen LogP contribution in [0.5, 0.6) is 0 Å². The number of nitrogens with one attached hydrogen (secondary N) is 1. The van der Waals surface area contributed by atoms with E-state index in [4.69, 9.17) is 5.73 Å². The second kappa shape index (κ2) is 5.83. The zero-order valence-corrected chi connectivity index (χ0v) is 9.33. The van der Waals surface area contributed by atoms with Gasteiger partial charge >= 0.3 is 0 Å². The van der Waals surface area contributed by atoms with Gasteiger partial charge in [0.15, 0.2) is 0 Å². The van der Waals surface area contributed by atoms with Crippen LogP contribution in [0.3, 0.4) is 0 Å². The lowest BCUT2D eigenvalue weighted by Crippen LogP contribution is -2.21. The Balaban J connectivity index is 2.65. The van der Waals surface area contributed by atoms with Gasteiger partial charge in [0, 0.05) is 12.1 Å². The number of nitrogens with two attached hydrogens (primary N) is 1. The van der Waals surface area contributed by atoms with Crippen molar-refractivity contribution < 1.29 is 4.39 Å². The number of rotatable bonds is 5. The fourth-order valence-corrected chi connectivity index (χ4v) is 1.63. The van der Waals surface area contributed by atoms with Crippen LogP contribution in [0.25, 0.3) is 0 Å². The molecule has 2 unspecified atom stereocenters. The molecule has 0 bridgehead atoms. The summed E-state index contributed by atoms with van der Waals surface area (Å²) in [6.45, 7) is 1.98. The first-order valence-electron chi connectivity index (χ1n) is 5.31. The minimum atomic E-state index is -0.187. The van der Waals surface area contributed by atoms with E-state index in [1.807, 2.05) is 20.0 Å². The van der Waals surface area contributed by atoms with Gasteiger partial charge in [0.25, 0.3) is 0 Å². The molecule has 84 valence electrons. The number of halogens is 1. The molecule has 15 heavy (non-hydrogen) atoms. The van der Waals surface area contributed by atoms with Gasteiger partial charge in [-0.2, -0.15) is 0 Å². The molecule has 1 aromatic carbocycles. The summed E-state index contributed by atoms with van der Waals surface area (Å²) in [4.78, 5) is 0. The molecule has 2 atom stereocenters. The van der Waals surface area contributed by atoms with Crippen LogP contribution in [0.15, 0.2) is 24.3 Å². The third-order valence-electron chi connectivity index (χ3n) is 2.51. The molecule has 1 aromatic rings. The van der Waals surface area contributed by atoms with Crippen molar-refractivity contribution in [1.29, 1.82) is 0 Å². The van der Waals surface area contributed by atoms with Crippen molar-refractivity contribution in [3.8, 4) is 0 Å². The molecule has 3 N–H and O–H groups in total. The summed E-state index contributed by atoms with van der Waals surface area (Å²) in [5.74, 6) is -0.187. The van der Waals surface area contributed by atoms with Crippen molar-refractivity contribution in [1.82, 2.24) is 5.32 Å². The van der Waals surface area contributed by atoms with Crippen LogP contribution < -0.4 is 11.1 Å². The molecule has 0 aliphatic carbocycles. The molecule has 0 aliphatic heterocycles. The first-order valence-corrected chi connectivity index (χ1v) is 5.31. The van der Waals surface area contributed by atoms with E-state index in [1.54, 1.807) is 12.1 Å². The molecular formula is C12H19FN2. The normalized spacial score (nSPS) is 14.9. The first kappa shape index (κ1) is 12.1. The first-order chi connectivity index (χ1) is 7.13. The lowest BCUT2D eigenvalue weighted by atomic mass is 10.00. The second-order valence-electron chi connectivity index (χ2n) is 3.95. The molecule has 0 aromatic heterocycles. The topological polar surface area (TPSA) is 38.0 Å². The minimum absolute atomic E-state index is 0.187. The Morgan fingerprint density at radius 1 is 1.40 bits per heavy atom. The monoisotopic (exact) mass is 210 g/mol. The molecular weight excluding hydrogens is 191 g/mol. The lowest BCUT2D eigenvalue weighted by Gasteiger charge is -2.17. The van der Waals surface area contributed by atoms with Gasteiger partial charge in [-0.1, -0.05) is 12.1 Å². The third-order valence-corrected chi connectivity index (χ3v) is 2.51. The number of hydrogen-bond acceptors (Lipinski definition) is 2. The fourth-order valence-electron chi connectivity index (χ4n) is 1.63. The van der Waals surface area contributed by atoms with Crippen molar-refractivity contribution in [2.24, 2.45) is 5.73 Å². The Morgan fingerprint density at radius 3 is 2.67 bits per heavy atom. The van der Waals surface area contributed by atoms with Crippen molar-refractivity contribution in [3.05, 3.63) is 35.6 Å². The lowest BCUT2D eigenvalue weighted by molar-refractivity contribution is 0.493. The Morgan fingerprint density at radius 2 is 2.13 bits per heavy atom. The van der Waals surface area contributed by atoms with Crippen molar-refractivity contribution in [3.63, 3.8) is 0 Å². The quantitative estimate of drug-likeness (QED) is 0.782. The van der Waals surface area contributed by atoms with Gasteiger partial charge in [-0.3, -0.25) is 0 Å². The number of hydrogen-bond donors (Lipinski definition) is 2. The van der Waals surface area contributed by atoms with Crippen LogP contribution >= 0.6 is 0 Å². The molecule has 0 fully saturated rings. The van der Waals surface area contributed by atoms with Gasteiger partial charge in [-0.05, 0) is 44.5 Å². The summed E-state index contributed by atoms with van der Waals surface area (Å²) in [6, 6.07) is 7.08. The molecule has 0 saturated heterocycles. The van der Waals surface area contributed by atoms with Crippen LogP contribution in [-0.4, -0.2) is 13.1 Å². The van der Waals surface area contributed by atoms with Crippen LogP contribution in [0.2, 0.25) is 0 Å². The largest absolute Gasteiger partial charge is 0.328 e. The van der Waals surface area contributed by atoms with Crippen molar-refractivity contribution in [2.75, 3.05) is 7.05 Å². The average Bonchev–Trinajstić information content (AvgIpc) is 2.18. The Kier molecular flexibility index (Phi) is 4.72. The standard InChI is InChI=1S/C12H19FN2/c1-9(14)6-7-12(15-2)10-4-3-5-11(13)8-10/h3-5,8-9,12,15H,6-7,14H2,1-2H3. The summed E-state index contributed by atoms with van der Waals surface area (Å²) >= 11 is 0. The smallest absolute Gasteiger partial charge is 0.123 e. The van der Waals surface area contributed by atoms with E-state index in [0.717, 1.165) is 18.4 Å². The SMILES string of the molecule is CNC(CCC(C)N)c1cccc(F)c1. The molecule has 0 heterocycles. The summed E-state index contributed by atoms with van der Waals surface area (Å²) in [7, 11) is 1.89.